The van der Waals surface area contributed by atoms with Crippen LogP contribution in [0.2, 0.25) is 0 Å². The van der Waals surface area contributed by atoms with Gasteiger partial charge in [0.25, 0.3) is 0 Å². The van der Waals surface area contributed by atoms with E-state index in [1.54, 1.807) is 0 Å². The van der Waals surface area contributed by atoms with Crippen LogP contribution in [0.15, 0.2) is 60.9 Å². The summed E-state index contributed by atoms with van der Waals surface area (Å²) in [6, 6.07) is 17.9. The van der Waals surface area contributed by atoms with Crippen LogP contribution in [0.5, 0.6) is 0 Å². The summed E-state index contributed by atoms with van der Waals surface area (Å²) in [5.74, 6) is 1.42. The van der Waals surface area contributed by atoms with E-state index in [9.17, 15) is 9.59 Å². The number of nitrogens with one attached hydrogen (secondary N) is 2. The van der Waals surface area contributed by atoms with Crippen LogP contribution in [0, 0.1) is 31.1 Å². The Balaban J connectivity index is 0.970. The van der Waals surface area contributed by atoms with E-state index in [4.69, 9.17) is 0 Å². The third kappa shape index (κ3) is 9.50. The van der Waals surface area contributed by atoms with E-state index in [1.807, 2.05) is 0 Å². The van der Waals surface area contributed by atoms with Crippen molar-refractivity contribution >= 4 is 34.6 Å². The quantitative estimate of drug-likeness (QED) is 0.152. The zero-order chi connectivity index (χ0) is 38.7. The van der Waals surface area contributed by atoms with Crippen molar-refractivity contribution in [2.75, 3.05) is 33.5 Å². The van der Waals surface area contributed by atoms with Gasteiger partial charge in [-0.1, -0.05) is 47.0 Å². The largest absolute Gasteiger partial charge is 0.364 e. The number of anilines is 4. The van der Waals surface area contributed by atoms with Crippen molar-refractivity contribution in [2.45, 2.75) is 132 Å². The van der Waals surface area contributed by atoms with Gasteiger partial charge in [0.05, 0.1) is 13.1 Å². The molecule has 0 radical (unpaired) electrons. The first kappa shape index (κ1) is 38.8. The van der Waals surface area contributed by atoms with Gasteiger partial charge in [-0.25, -0.2) is 0 Å². The minimum Gasteiger partial charge on any atom is -0.364 e. The monoisotopic (exact) mass is 745 g/mol. The molecular formula is C47H64N6O2. The molecule has 3 aliphatic rings. The summed E-state index contributed by atoms with van der Waals surface area (Å²) in [7, 11) is 0. The molecule has 2 aliphatic heterocycles. The Labute approximate surface area is 329 Å². The average molecular weight is 745 g/mol. The number of carbonyl (C=O) groups excluding carboxylic acids is 2. The van der Waals surface area contributed by atoms with Crippen molar-refractivity contribution in [3.8, 4) is 0 Å². The van der Waals surface area contributed by atoms with E-state index >= 15 is 0 Å². The molecule has 1 fully saturated rings. The number of aromatic nitrogens is 2. The van der Waals surface area contributed by atoms with E-state index in [0.717, 1.165) is 87.5 Å². The minimum absolute atomic E-state index is 0.0723. The minimum atomic E-state index is -0.0723. The lowest BCUT2D eigenvalue weighted by atomic mass is 9.77. The van der Waals surface area contributed by atoms with Gasteiger partial charge in [0.15, 0.2) is 0 Å². The van der Waals surface area contributed by atoms with Crippen LogP contribution >= 0.6 is 0 Å². The summed E-state index contributed by atoms with van der Waals surface area (Å²) in [6.45, 7) is 18.6. The maximum Gasteiger partial charge on any atom is 0.224 e. The molecule has 7 rings (SSSR count). The van der Waals surface area contributed by atoms with E-state index in [0.29, 0.717) is 24.7 Å². The number of fused-ring (bicyclic) bond motifs is 2. The average Bonchev–Trinajstić information content (AvgIpc) is 3.83. The molecule has 4 aromatic rings. The molecule has 2 unspecified atom stereocenters. The van der Waals surface area contributed by atoms with Crippen LogP contribution in [0.3, 0.4) is 0 Å². The van der Waals surface area contributed by atoms with Crippen LogP contribution in [0.25, 0.3) is 0 Å². The van der Waals surface area contributed by atoms with Crippen molar-refractivity contribution in [2.24, 2.45) is 17.3 Å². The fourth-order valence-corrected chi connectivity index (χ4v) is 9.45. The highest BCUT2D eigenvalue weighted by molar-refractivity contribution is 5.94. The molecule has 0 saturated heterocycles. The molecule has 8 nitrogen and oxygen atoms in total. The van der Waals surface area contributed by atoms with Gasteiger partial charge in [-0.05, 0) is 134 Å². The Bertz CT molecular complexity index is 1960. The molecule has 1 saturated carbocycles. The molecule has 2 N–H and O–H groups in total. The van der Waals surface area contributed by atoms with Gasteiger partial charge in [-0.2, -0.15) is 0 Å². The standard InChI is InChI=1S/C47H64N6O2/c1-7-37-28-42(53-24-22-51-20-10-14-40(51)32-53)29-38(46(37)49-44(55)30-47(4,5)6)17-15-35-11-8-12-36(27-35)16-18-43(54)48-45-33(2)25-41(26-34(45)3)52-23-21-50-19-9-13-39(50)31-52/h9-10,13-14,19-20,25-26,28-29,35-36H,7-8,11-12,15-18,21-24,27,30-32H2,1-6H3,(H,48,54)(H,49,55). The van der Waals surface area contributed by atoms with Gasteiger partial charge >= 0.3 is 0 Å². The second-order valence-electron chi connectivity index (χ2n) is 18.0. The lowest BCUT2D eigenvalue weighted by Gasteiger charge is -2.32. The van der Waals surface area contributed by atoms with Gasteiger partial charge < -0.3 is 29.6 Å². The van der Waals surface area contributed by atoms with Gasteiger partial charge in [0, 0.05) is 85.6 Å². The highest BCUT2D eigenvalue weighted by Crippen LogP contribution is 2.38. The van der Waals surface area contributed by atoms with Crippen molar-refractivity contribution < 1.29 is 9.59 Å². The molecule has 0 spiro atoms. The normalized spacial score (nSPS) is 18.5. The summed E-state index contributed by atoms with van der Waals surface area (Å²) in [5, 5.41) is 6.70. The fraction of sp³-hybridized carbons (Fsp3) is 0.532. The van der Waals surface area contributed by atoms with Crippen LogP contribution in [0.4, 0.5) is 22.7 Å². The Kier molecular flexibility index (Phi) is 11.8. The summed E-state index contributed by atoms with van der Waals surface area (Å²) < 4.78 is 4.69. The Morgan fingerprint density at radius 2 is 1.29 bits per heavy atom. The summed E-state index contributed by atoms with van der Waals surface area (Å²) in [5.41, 5.74) is 11.9. The number of nitrogens with zero attached hydrogens (tertiary/aromatic N) is 4. The maximum atomic E-state index is 13.4. The molecule has 55 heavy (non-hydrogen) atoms. The predicted molar refractivity (Wildman–Crippen MR) is 227 cm³/mol. The number of rotatable bonds is 12. The predicted octanol–water partition coefficient (Wildman–Crippen LogP) is 10.0. The number of hydrogen-bond acceptors (Lipinski definition) is 4. The molecule has 1 aliphatic carbocycles. The van der Waals surface area contributed by atoms with Gasteiger partial charge in [0.1, 0.15) is 0 Å². The second kappa shape index (κ2) is 16.7. The number of carbonyl (C=O) groups is 2. The molecule has 2 atom stereocenters. The Morgan fingerprint density at radius 3 is 1.89 bits per heavy atom. The van der Waals surface area contributed by atoms with E-state index in [-0.39, 0.29) is 17.2 Å². The number of benzene rings is 2. The van der Waals surface area contributed by atoms with Crippen molar-refractivity contribution in [3.05, 3.63) is 94.6 Å². The summed E-state index contributed by atoms with van der Waals surface area (Å²) >= 11 is 0. The highest BCUT2D eigenvalue weighted by atomic mass is 16.2. The van der Waals surface area contributed by atoms with Gasteiger partial charge in [-0.15, -0.1) is 0 Å². The van der Waals surface area contributed by atoms with Crippen molar-refractivity contribution in [1.29, 1.82) is 0 Å². The molecule has 2 aromatic heterocycles. The Morgan fingerprint density at radius 1 is 0.727 bits per heavy atom. The second-order valence-corrected chi connectivity index (χ2v) is 18.0. The first-order valence-corrected chi connectivity index (χ1v) is 21.1. The van der Waals surface area contributed by atoms with E-state index in [2.05, 4.69) is 132 Å². The topological polar surface area (TPSA) is 74.5 Å². The van der Waals surface area contributed by atoms with E-state index < -0.39 is 0 Å². The molecule has 0 bridgehead atoms. The lowest BCUT2D eigenvalue weighted by molar-refractivity contribution is -0.118. The van der Waals surface area contributed by atoms with Crippen molar-refractivity contribution in [3.63, 3.8) is 0 Å². The van der Waals surface area contributed by atoms with Crippen LogP contribution in [-0.2, 0) is 48.6 Å². The zero-order valence-corrected chi connectivity index (χ0v) is 34.3. The van der Waals surface area contributed by atoms with Gasteiger partial charge in [0.2, 0.25) is 11.8 Å². The summed E-state index contributed by atoms with van der Waals surface area (Å²) in [6.07, 6.45) is 14.1. The zero-order valence-electron chi connectivity index (χ0n) is 34.3. The molecule has 4 heterocycles. The lowest BCUT2D eigenvalue weighted by Crippen LogP contribution is -2.33. The SMILES string of the molecule is CCc1cc(N2CCn3cccc3C2)cc(CCC2CCCC(CCC(=O)Nc3c(C)cc(N4CCn5cccc5C4)cc3C)C2)c1NC(=O)CC(C)(C)C. The molecule has 2 aromatic carbocycles. The Hall–Kier alpha value is -4.46. The number of aryl methyl sites for hydroxylation is 4. The molecule has 2 amide bonds. The van der Waals surface area contributed by atoms with Crippen LogP contribution in [0.1, 0.15) is 113 Å². The third-order valence-electron chi connectivity index (χ3n) is 12.4. The number of amides is 2. The van der Waals surface area contributed by atoms with Gasteiger partial charge in [-0.3, -0.25) is 9.59 Å². The molecule has 294 valence electrons. The van der Waals surface area contributed by atoms with Crippen LogP contribution in [-0.4, -0.2) is 34.0 Å². The summed E-state index contributed by atoms with van der Waals surface area (Å²) in [4.78, 5) is 31.6. The van der Waals surface area contributed by atoms with E-state index in [1.165, 1.54) is 59.6 Å². The highest BCUT2D eigenvalue weighted by Gasteiger charge is 2.26. The smallest absolute Gasteiger partial charge is 0.224 e. The first-order valence-electron chi connectivity index (χ1n) is 21.1. The number of hydrogen-bond donors (Lipinski definition) is 2. The fourth-order valence-electron chi connectivity index (χ4n) is 9.45. The molecule has 8 heteroatoms. The van der Waals surface area contributed by atoms with Crippen molar-refractivity contribution in [1.82, 2.24) is 9.13 Å². The molecular weight excluding hydrogens is 681 g/mol. The van der Waals surface area contributed by atoms with Crippen LogP contribution < -0.4 is 20.4 Å². The third-order valence-corrected chi connectivity index (χ3v) is 12.4. The maximum absolute atomic E-state index is 13.4. The first-order chi connectivity index (χ1) is 26.4.